The van der Waals surface area contributed by atoms with Gasteiger partial charge in [-0.1, -0.05) is 133 Å². The Morgan fingerprint density at radius 3 is 1.44 bits per heavy atom. The number of fused-ring (bicyclic) bond motifs is 3. The number of anilines is 2. The van der Waals surface area contributed by atoms with Crippen molar-refractivity contribution in [1.82, 2.24) is 4.57 Å². The Morgan fingerprint density at radius 2 is 0.760 bits per heavy atom. The van der Waals surface area contributed by atoms with Gasteiger partial charge in [0.1, 0.15) is 0 Å². The predicted molar refractivity (Wildman–Crippen MR) is 212 cm³/mol. The molecule has 0 aliphatic heterocycles. The molecule has 0 amide bonds. The van der Waals surface area contributed by atoms with Crippen molar-refractivity contribution in [2.45, 2.75) is 0 Å². The minimum Gasteiger partial charge on any atom is -0.356 e. The molecule has 9 rings (SSSR count). The zero-order chi connectivity index (χ0) is 33.3. The standard InChI is InChI=1S/C48H34N2/c1-3-12-34(13-4-1)35-24-27-42(28-25-35)49-43-19-11-18-40(32-43)38-16-9-14-36(30-38)37-15-10-17-39(31-37)41-26-29-48-46(33-41)45-22-7-8-23-47(45)50(48)44-20-5-2-6-21-44/h1-33,49H. The van der Waals surface area contributed by atoms with Crippen LogP contribution in [0.25, 0.3) is 72.0 Å². The van der Waals surface area contributed by atoms with Gasteiger partial charge in [0, 0.05) is 27.8 Å². The van der Waals surface area contributed by atoms with Crippen molar-refractivity contribution >= 4 is 33.2 Å². The van der Waals surface area contributed by atoms with Gasteiger partial charge < -0.3 is 9.88 Å². The fourth-order valence-corrected chi connectivity index (χ4v) is 7.08. The number of hydrogen-bond acceptors (Lipinski definition) is 1. The van der Waals surface area contributed by atoms with E-state index < -0.39 is 0 Å². The van der Waals surface area contributed by atoms with Crippen LogP contribution in [0, 0.1) is 0 Å². The monoisotopic (exact) mass is 638 g/mol. The van der Waals surface area contributed by atoms with E-state index in [1.807, 2.05) is 6.07 Å². The SMILES string of the molecule is c1ccc(-c2ccc(Nc3cccc(-c4cccc(-c5cccc(-c6ccc7c(c6)c6ccccc6n7-c6ccccc6)c5)c4)c3)cc2)cc1. The minimum absolute atomic E-state index is 1.06. The lowest BCUT2D eigenvalue weighted by atomic mass is 9.95. The van der Waals surface area contributed by atoms with Crippen molar-refractivity contribution in [3.63, 3.8) is 0 Å². The highest BCUT2D eigenvalue weighted by atomic mass is 15.0. The first-order chi connectivity index (χ1) is 24.8. The first kappa shape index (κ1) is 29.5. The number of benzene rings is 8. The molecule has 1 aromatic heterocycles. The zero-order valence-corrected chi connectivity index (χ0v) is 27.5. The third-order valence-electron chi connectivity index (χ3n) is 9.56. The van der Waals surface area contributed by atoms with Crippen LogP contribution < -0.4 is 5.32 Å². The Balaban J connectivity index is 1.01. The second-order valence-electron chi connectivity index (χ2n) is 12.7. The maximum absolute atomic E-state index is 3.60. The highest BCUT2D eigenvalue weighted by Crippen LogP contribution is 2.36. The summed E-state index contributed by atoms with van der Waals surface area (Å²) in [5, 5.41) is 6.12. The van der Waals surface area contributed by atoms with Crippen LogP contribution in [0.3, 0.4) is 0 Å². The van der Waals surface area contributed by atoms with Gasteiger partial charge in [0.25, 0.3) is 0 Å². The van der Waals surface area contributed by atoms with E-state index in [2.05, 4.69) is 204 Å². The molecule has 236 valence electrons. The molecule has 2 nitrogen and oxygen atoms in total. The van der Waals surface area contributed by atoms with Crippen molar-refractivity contribution in [1.29, 1.82) is 0 Å². The fourth-order valence-electron chi connectivity index (χ4n) is 7.08. The van der Waals surface area contributed by atoms with E-state index in [1.165, 1.54) is 72.0 Å². The summed E-state index contributed by atoms with van der Waals surface area (Å²) >= 11 is 0. The Kier molecular flexibility index (Phi) is 7.53. The molecule has 50 heavy (non-hydrogen) atoms. The highest BCUT2D eigenvalue weighted by molar-refractivity contribution is 6.10. The molecule has 0 aliphatic carbocycles. The van der Waals surface area contributed by atoms with Crippen LogP contribution in [0.1, 0.15) is 0 Å². The zero-order valence-electron chi connectivity index (χ0n) is 27.5. The summed E-state index contributed by atoms with van der Waals surface area (Å²) in [7, 11) is 0. The van der Waals surface area contributed by atoms with Crippen molar-refractivity contribution in [3.05, 3.63) is 200 Å². The summed E-state index contributed by atoms with van der Waals surface area (Å²) < 4.78 is 2.36. The second-order valence-corrected chi connectivity index (χ2v) is 12.7. The normalized spacial score (nSPS) is 11.2. The lowest BCUT2D eigenvalue weighted by molar-refractivity contribution is 1.18. The van der Waals surface area contributed by atoms with Crippen LogP contribution in [0.15, 0.2) is 200 Å². The topological polar surface area (TPSA) is 17.0 Å². The average Bonchev–Trinajstić information content (AvgIpc) is 3.53. The Hall–Kier alpha value is -6.64. The molecule has 0 saturated carbocycles. The number of nitrogens with one attached hydrogen (secondary N) is 1. The van der Waals surface area contributed by atoms with Crippen LogP contribution in [0.4, 0.5) is 11.4 Å². The molecule has 0 bridgehead atoms. The van der Waals surface area contributed by atoms with Crippen molar-refractivity contribution < 1.29 is 0 Å². The Morgan fingerprint density at radius 1 is 0.280 bits per heavy atom. The maximum Gasteiger partial charge on any atom is 0.0541 e. The van der Waals surface area contributed by atoms with Gasteiger partial charge in [-0.25, -0.2) is 0 Å². The van der Waals surface area contributed by atoms with Crippen molar-refractivity contribution in [2.75, 3.05) is 5.32 Å². The minimum atomic E-state index is 1.06. The lowest BCUT2D eigenvalue weighted by Gasteiger charge is -2.11. The molecule has 1 N–H and O–H groups in total. The molecule has 0 aliphatic rings. The molecular weight excluding hydrogens is 605 g/mol. The number of nitrogens with zero attached hydrogens (tertiary/aromatic N) is 1. The van der Waals surface area contributed by atoms with Crippen molar-refractivity contribution in [2.24, 2.45) is 0 Å². The Bertz CT molecular complexity index is 2600. The molecule has 9 aromatic rings. The third-order valence-corrected chi connectivity index (χ3v) is 9.56. The molecule has 0 saturated heterocycles. The van der Waals surface area contributed by atoms with Crippen LogP contribution in [-0.2, 0) is 0 Å². The summed E-state index contributed by atoms with van der Waals surface area (Å²) in [5.74, 6) is 0. The van der Waals surface area contributed by atoms with E-state index in [-0.39, 0.29) is 0 Å². The van der Waals surface area contributed by atoms with E-state index in [0.29, 0.717) is 0 Å². The van der Waals surface area contributed by atoms with E-state index in [1.54, 1.807) is 0 Å². The number of hydrogen-bond donors (Lipinski definition) is 1. The number of aromatic nitrogens is 1. The molecule has 1 heterocycles. The van der Waals surface area contributed by atoms with Gasteiger partial charge in [-0.2, -0.15) is 0 Å². The van der Waals surface area contributed by atoms with E-state index in [9.17, 15) is 0 Å². The van der Waals surface area contributed by atoms with Crippen LogP contribution in [0.5, 0.6) is 0 Å². The fraction of sp³-hybridized carbons (Fsp3) is 0. The molecule has 8 aromatic carbocycles. The van der Waals surface area contributed by atoms with Gasteiger partial charge in [0.2, 0.25) is 0 Å². The first-order valence-electron chi connectivity index (χ1n) is 17.1. The number of rotatable bonds is 7. The molecular formula is C48H34N2. The van der Waals surface area contributed by atoms with Gasteiger partial charge in [-0.3, -0.25) is 0 Å². The second kappa shape index (κ2) is 12.8. The van der Waals surface area contributed by atoms with Gasteiger partial charge in [-0.05, 0) is 111 Å². The maximum atomic E-state index is 3.60. The van der Waals surface area contributed by atoms with Crippen LogP contribution in [0.2, 0.25) is 0 Å². The van der Waals surface area contributed by atoms with Gasteiger partial charge in [0.05, 0.1) is 11.0 Å². The predicted octanol–water partition coefficient (Wildman–Crippen LogP) is 13.2. The van der Waals surface area contributed by atoms with E-state index in [0.717, 1.165) is 11.4 Å². The van der Waals surface area contributed by atoms with Gasteiger partial charge in [0.15, 0.2) is 0 Å². The van der Waals surface area contributed by atoms with E-state index >= 15 is 0 Å². The summed E-state index contributed by atoms with van der Waals surface area (Å²) in [4.78, 5) is 0. The summed E-state index contributed by atoms with van der Waals surface area (Å²) in [6, 6.07) is 71.7. The highest BCUT2D eigenvalue weighted by Gasteiger charge is 2.13. The molecule has 0 radical (unpaired) electrons. The lowest BCUT2D eigenvalue weighted by Crippen LogP contribution is -1.92. The average molecular weight is 639 g/mol. The summed E-state index contributed by atoms with van der Waals surface area (Å²) in [6.45, 7) is 0. The smallest absolute Gasteiger partial charge is 0.0541 e. The molecule has 2 heteroatoms. The molecule has 0 atom stereocenters. The molecule has 0 spiro atoms. The molecule has 0 fully saturated rings. The third kappa shape index (κ3) is 5.63. The Labute approximate surface area is 292 Å². The van der Waals surface area contributed by atoms with Crippen LogP contribution in [-0.4, -0.2) is 4.57 Å². The largest absolute Gasteiger partial charge is 0.356 e. The number of para-hydroxylation sites is 2. The summed E-state index contributed by atoms with van der Waals surface area (Å²) in [6.07, 6.45) is 0. The van der Waals surface area contributed by atoms with Crippen LogP contribution >= 0.6 is 0 Å². The summed E-state index contributed by atoms with van der Waals surface area (Å²) in [5.41, 5.74) is 15.3. The van der Waals surface area contributed by atoms with Crippen molar-refractivity contribution in [3.8, 4) is 50.2 Å². The van der Waals surface area contributed by atoms with Gasteiger partial charge >= 0.3 is 0 Å². The first-order valence-corrected chi connectivity index (χ1v) is 17.1. The molecule has 0 unspecified atom stereocenters. The van der Waals surface area contributed by atoms with E-state index in [4.69, 9.17) is 0 Å². The van der Waals surface area contributed by atoms with Gasteiger partial charge in [-0.15, -0.1) is 0 Å². The quantitative estimate of drug-likeness (QED) is 0.184.